The molecule has 1 aromatic carbocycles. The van der Waals surface area contributed by atoms with Crippen LogP contribution in [-0.4, -0.2) is 36.6 Å². The first-order valence-electron chi connectivity index (χ1n) is 7.64. The zero-order chi connectivity index (χ0) is 16.7. The maximum absolute atomic E-state index is 12.4. The number of rotatable bonds is 7. The maximum atomic E-state index is 12.4. The van der Waals surface area contributed by atoms with E-state index in [-0.39, 0.29) is 5.91 Å². The lowest BCUT2D eigenvalue weighted by Crippen LogP contribution is -2.23. The quantitative estimate of drug-likeness (QED) is 0.851. The molecule has 0 atom stereocenters. The Morgan fingerprint density at radius 2 is 2.09 bits per heavy atom. The standard InChI is InChI=1S/C17H22N4O2/c1-4-5-12-21(2)17-18-11-10-14(20-17)16(22)19-13-8-6-7-9-15(13)23-3/h6-11H,4-5,12H2,1-3H3,(H,19,22). The Balaban J connectivity index is 2.13. The highest BCUT2D eigenvalue weighted by molar-refractivity contribution is 6.03. The van der Waals surface area contributed by atoms with Crippen molar-refractivity contribution in [3.63, 3.8) is 0 Å². The molecule has 0 saturated carbocycles. The van der Waals surface area contributed by atoms with E-state index in [2.05, 4.69) is 22.2 Å². The fourth-order valence-corrected chi connectivity index (χ4v) is 2.09. The third kappa shape index (κ3) is 4.42. The van der Waals surface area contributed by atoms with Gasteiger partial charge in [0.25, 0.3) is 5.91 Å². The number of nitrogens with one attached hydrogen (secondary N) is 1. The summed E-state index contributed by atoms with van der Waals surface area (Å²) in [5, 5.41) is 2.81. The third-order valence-corrected chi connectivity index (χ3v) is 3.42. The SMILES string of the molecule is CCCCN(C)c1nccc(C(=O)Nc2ccccc2OC)n1. The van der Waals surface area contributed by atoms with Crippen molar-refractivity contribution in [2.45, 2.75) is 19.8 Å². The van der Waals surface area contributed by atoms with Gasteiger partial charge in [0.2, 0.25) is 5.95 Å². The first kappa shape index (κ1) is 16.7. The average molecular weight is 314 g/mol. The topological polar surface area (TPSA) is 67.4 Å². The molecule has 0 radical (unpaired) electrons. The molecule has 0 saturated heterocycles. The molecule has 0 aliphatic carbocycles. The van der Waals surface area contributed by atoms with Crippen LogP contribution < -0.4 is 15.0 Å². The largest absolute Gasteiger partial charge is 0.495 e. The van der Waals surface area contributed by atoms with Crippen molar-refractivity contribution in [2.24, 2.45) is 0 Å². The summed E-state index contributed by atoms with van der Waals surface area (Å²) in [5.41, 5.74) is 0.934. The minimum atomic E-state index is -0.290. The van der Waals surface area contributed by atoms with Gasteiger partial charge in [-0.2, -0.15) is 0 Å². The van der Waals surface area contributed by atoms with Gasteiger partial charge in [0.05, 0.1) is 12.8 Å². The average Bonchev–Trinajstić information content (AvgIpc) is 2.60. The molecule has 1 heterocycles. The van der Waals surface area contributed by atoms with Crippen molar-refractivity contribution in [3.05, 3.63) is 42.2 Å². The number of hydrogen-bond acceptors (Lipinski definition) is 5. The second-order valence-electron chi connectivity index (χ2n) is 5.17. The Labute approximate surface area is 136 Å². The predicted octanol–water partition coefficient (Wildman–Crippen LogP) is 2.97. The predicted molar refractivity (Wildman–Crippen MR) is 91.2 cm³/mol. The van der Waals surface area contributed by atoms with E-state index in [4.69, 9.17) is 4.74 Å². The zero-order valence-electron chi connectivity index (χ0n) is 13.7. The summed E-state index contributed by atoms with van der Waals surface area (Å²) in [6, 6.07) is 8.86. The van der Waals surface area contributed by atoms with E-state index in [1.165, 1.54) is 0 Å². The number of amides is 1. The summed E-state index contributed by atoms with van der Waals surface area (Å²) in [7, 11) is 3.49. The van der Waals surface area contributed by atoms with E-state index in [1.807, 2.05) is 24.1 Å². The van der Waals surface area contributed by atoms with E-state index in [0.29, 0.717) is 23.1 Å². The lowest BCUT2D eigenvalue weighted by Gasteiger charge is -2.16. The number of aromatic nitrogens is 2. The van der Waals surface area contributed by atoms with Gasteiger partial charge in [-0.1, -0.05) is 25.5 Å². The number of benzene rings is 1. The van der Waals surface area contributed by atoms with Crippen LogP contribution in [0.1, 0.15) is 30.3 Å². The van der Waals surface area contributed by atoms with Crippen molar-refractivity contribution in [2.75, 3.05) is 30.9 Å². The van der Waals surface area contributed by atoms with Gasteiger partial charge < -0.3 is 15.0 Å². The first-order chi connectivity index (χ1) is 11.2. The number of methoxy groups -OCH3 is 1. The number of carbonyl (C=O) groups excluding carboxylic acids is 1. The number of carbonyl (C=O) groups is 1. The van der Waals surface area contributed by atoms with Gasteiger partial charge in [0.15, 0.2) is 0 Å². The summed E-state index contributed by atoms with van der Waals surface area (Å²) in [5.74, 6) is 0.864. The van der Waals surface area contributed by atoms with E-state index in [0.717, 1.165) is 19.4 Å². The van der Waals surface area contributed by atoms with Crippen LogP contribution in [0.3, 0.4) is 0 Å². The Hall–Kier alpha value is -2.63. The molecule has 1 aromatic heterocycles. The van der Waals surface area contributed by atoms with E-state index in [1.54, 1.807) is 31.5 Å². The summed E-state index contributed by atoms with van der Waals surface area (Å²) in [4.78, 5) is 22.9. The van der Waals surface area contributed by atoms with Gasteiger partial charge in [0.1, 0.15) is 11.4 Å². The molecule has 6 heteroatoms. The Bertz CT molecular complexity index is 661. The van der Waals surface area contributed by atoms with Gasteiger partial charge in [-0.25, -0.2) is 9.97 Å². The highest BCUT2D eigenvalue weighted by Crippen LogP contribution is 2.23. The fraction of sp³-hybridized carbons (Fsp3) is 0.353. The molecule has 2 rings (SSSR count). The number of hydrogen-bond donors (Lipinski definition) is 1. The molecule has 2 aromatic rings. The zero-order valence-corrected chi connectivity index (χ0v) is 13.7. The van der Waals surface area contributed by atoms with Crippen LogP contribution in [0.25, 0.3) is 0 Å². The normalized spacial score (nSPS) is 10.2. The van der Waals surface area contributed by atoms with E-state index >= 15 is 0 Å². The molecule has 1 amide bonds. The number of unbranched alkanes of at least 4 members (excludes halogenated alkanes) is 1. The smallest absolute Gasteiger partial charge is 0.274 e. The fourth-order valence-electron chi connectivity index (χ4n) is 2.09. The Morgan fingerprint density at radius 1 is 1.30 bits per heavy atom. The molecule has 122 valence electrons. The maximum Gasteiger partial charge on any atom is 0.274 e. The molecule has 0 spiro atoms. The van der Waals surface area contributed by atoms with Gasteiger partial charge in [-0.15, -0.1) is 0 Å². The number of ether oxygens (including phenoxy) is 1. The first-order valence-corrected chi connectivity index (χ1v) is 7.64. The molecular formula is C17H22N4O2. The summed E-state index contributed by atoms with van der Waals surface area (Å²) in [6.45, 7) is 2.99. The Morgan fingerprint density at radius 3 is 2.83 bits per heavy atom. The molecule has 23 heavy (non-hydrogen) atoms. The molecule has 0 aliphatic heterocycles. The molecular weight excluding hydrogens is 292 g/mol. The number of nitrogens with zero attached hydrogens (tertiary/aromatic N) is 3. The van der Waals surface area contributed by atoms with Crippen molar-refractivity contribution in [1.29, 1.82) is 0 Å². The van der Waals surface area contributed by atoms with Crippen LogP contribution in [0.4, 0.5) is 11.6 Å². The van der Waals surface area contributed by atoms with Gasteiger partial charge in [-0.3, -0.25) is 4.79 Å². The molecule has 0 unspecified atom stereocenters. The number of anilines is 2. The molecule has 6 nitrogen and oxygen atoms in total. The molecule has 0 aliphatic rings. The minimum Gasteiger partial charge on any atom is -0.495 e. The summed E-state index contributed by atoms with van der Waals surface area (Å²) in [6.07, 6.45) is 3.75. The van der Waals surface area contributed by atoms with Gasteiger partial charge in [0, 0.05) is 19.8 Å². The monoisotopic (exact) mass is 314 g/mol. The van der Waals surface area contributed by atoms with Gasteiger partial charge >= 0.3 is 0 Å². The Kier molecular flexibility index (Phi) is 5.91. The van der Waals surface area contributed by atoms with Crippen LogP contribution in [-0.2, 0) is 0 Å². The molecule has 1 N–H and O–H groups in total. The lowest BCUT2D eigenvalue weighted by molar-refractivity contribution is 0.102. The van der Waals surface area contributed by atoms with Crippen LogP contribution in [0, 0.1) is 0 Å². The van der Waals surface area contributed by atoms with Crippen LogP contribution in [0.15, 0.2) is 36.5 Å². The van der Waals surface area contributed by atoms with E-state index < -0.39 is 0 Å². The van der Waals surface area contributed by atoms with Crippen molar-refractivity contribution >= 4 is 17.5 Å². The summed E-state index contributed by atoms with van der Waals surface area (Å²) >= 11 is 0. The number of para-hydroxylation sites is 2. The lowest BCUT2D eigenvalue weighted by atomic mass is 10.2. The minimum absolute atomic E-state index is 0.290. The van der Waals surface area contributed by atoms with E-state index in [9.17, 15) is 4.79 Å². The van der Waals surface area contributed by atoms with Crippen molar-refractivity contribution in [3.8, 4) is 5.75 Å². The molecule has 0 fully saturated rings. The van der Waals surface area contributed by atoms with Crippen LogP contribution >= 0.6 is 0 Å². The second-order valence-corrected chi connectivity index (χ2v) is 5.17. The molecule has 0 bridgehead atoms. The van der Waals surface area contributed by atoms with Crippen molar-refractivity contribution in [1.82, 2.24) is 9.97 Å². The third-order valence-electron chi connectivity index (χ3n) is 3.42. The second kappa shape index (κ2) is 8.12. The van der Waals surface area contributed by atoms with Crippen LogP contribution in [0.2, 0.25) is 0 Å². The van der Waals surface area contributed by atoms with Gasteiger partial charge in [-0.05, 0) is 24.6 Å². The van der Waals surface area contributed by atoms with Crippen molar-refractivity contribution < 1.29 is 9.53 Å². The summed E-state index contributed by atoms with van der Waals surface area (Å²) < 4.78 is 5.23. The van der Waals surface area contributed by atoms with Crippen LogP contribution in [0.5, 0.6) is 5.75 Å². The highest BCUT2D eigenvalue weighted by Gasteiger charge is 2.13. The highest BCUT2D eigenvalue weighted by atomic mass is 16.5.